The van der Waals surface area contributed by atoms with Gasteiger partial charge in [-0.3, -0.25) is 0 Å². The van der Waals surface area contributed by atoms with Crippen LogP contribution in [0.4, 0.5) is 0 Å². The van der Waals surface area contributed by atoms with Crippen molar-refractivity contribution in [2.45, 2.75) is 33.2 Å². The minimum absolute atomic E-state index is 0.731. The largest absolute Gasteiger partial charge is 0.313 e. The first-order valence-corrected chi connectivity index (χ1v) is 5.31. The Morgan fingerprint density at radius 1 is 1.30 bits per heavy atom. The van der Waals surface area contributed by atoms with Crippen LogP contribution < -0.4 is 5.32 Å². The maximum atomic E-state index is 3.45. The fourth-order valence-corrected chi connectivity index (χ4v) is 1.74. The van der Waals surface area contributed by atoms with E-state index < -0.39 is 0 Å². The molecule has 2 heteroatoms. The van der Waals surface area contributed by atoms with Gasteiger partial charge in [-0.15, -0.1) is 0 Å². The molecule has 1 N–H and O–H groups in total. The number of nitrogens with one attached hydrogen (secondary N) is 1. The molecule has 0 aromatic rings. The van der Waals surface area contributed by atoms with Gasteiger partial charge in [-0.05, 0) is 18.7 Å². The molecule has 0 aliphatic heterocycles. The minimum atomic E-state index is 0.731. The molecule has 1 nitrogen and oxygen atoms in total. The van der Waals surface area contributed by atoms with Crippen LogP contribution in [0.2, 0.25) is 0 Å². The second kappa shape index (κ2) is 7.42. The van der Waals surface area contributed by atoms with Crippen LogP contribution in [0.25, 0.3) is 0 Å². The quantitative estimate of drug-likeness (QED) is 0.640. The van der Waals surface area contributed by atoms with Crippen LogP contribution in [0.3, 0.4) is 0 Å². The molecule has 0 heterocycles. The van der Waals surface area contributed by atoms with Crippen molar-refractivity contribution in [2.75, 3.05) is 18.1 Å². The molecule has 0 saturated heterocycles. The Hall–Kier alpha value is 0.310. The van der Waals surface area contributed by atoms with Gasteiger partial charge in [0, 0.05) is 11.8 Å². The smallest absolute Gasteiger partial charge is 0.0155 e. The van der Waals surface area contributed by atoms with Gasteiger partial charge in [-0.25, -0.2) is 0 Å². The summed E-state index contributed by atoms with van der Waals surface area (Å²) in [6.07, 6.45) is 1.25. The third kappa shape index (κ3) is 5.12. The summed E-state index contributed by atoms with van der Waals surface area (Å²) in [5, 5.41) is 3.45. The highest BCUT2D eigenvalue weighted by Crippen LogP contribution is 2.03. The Bertz CT molecular complexity index is 66.3. The van der Waals surface area contributed by atoms with E-state index in [1.807, 2.05) is 11.8 Å². The highest BCUT2D eigenvalue weighted by Gasteiger charge is 2.01. The zero-order valence-corrected chi connectivity index (χ0v) is 8.13. The summed E-state index contributed by atoms with van der Waals surface area (Å²) < 4.78 is 0. The van der Waals surface area contributed by atoms with Gasteiger partial charge >= 0.3 is 0 Å². The predicted molar refractivity (Wildman–Crippen MR) is 50.8 cm³/mol. The molecule has 0 rings (SSSR count). The second-order valence-corrected chi connectivity index (χ2v) is 3.64. The number of thioether (sulfide) groups is 1. The van der Waals surface area contributed by atoms with Gasteiger partial charge in [0.1, 0.15) is 0 Å². The molecule has 0 amide bonds. The van der Waals surface area contributed by atoms with Gasteiger partial charge in [-0.2, -0.15) is 11.8 Å². The van der Waals surface area contributed by atoms with E-state index in [0.717, 1.165) is 12.6 Å². The fourth-order valence-electron chi connectivity index (χ4n) is 0.870. The normalized spacial score (nSPS) is 13.5. The maximum Gasteiger partial charge on any atom is 0.0155 e. The molecule has 0 aliphatic rings. The van der Waals surface area contributed by atoms with Crippen molar-refractivity contribution in [1.29, 1.82) is 0 Å². The first-order chi connectivity index (χ1) is 4.85. The number of hydrogen-bond acceptors (Lipinski definition) is 2. The Morgan fingerprint density at radius 3 is 2.40 bits per heavy atom. The van der Waals surface area contributed by atoms with E-state index in [1.165, 1.54) is 17.9 Å². The zero-order valence-electron chi connectivity index (χ0n) is 7.31. The standard InChI is InChI=1S/C8H19NS/c1-4-8(9-5-2)7-10-6-3/h8-9H,4-7H2,1-3H3. The lowest BCUT2D eigenvalue weighted by Gasteiger charge is -2.13. The van der Waals surface area contributed by atoms with Crippen LogP contribution in [0.5, 0.6) is 0 Å². The summed E-state index contributed by atoms with van der Waals surface area (Å²) in [5.74, 6) is 2.50. The van der Waals surface area contributed by atoms with Crippen molar-refractivity contribution < 1.29 is 0 Å². The molecule has 0 radical (unpaired) electrons. The molecule has 0 saturated carbocycles. The molecule has 1 unspecified atom stereocenters. The molecular formula is C8H19NS. The van der Waals surface area contributed by atoms with Gasteiger partial charge in [0.15, 0.2) is 0 Å². The van der Waals surface area contributed by atoms with Gasteiger partial charge in [-0.1, -0.05) is 20.8 Å². The van der Waals surface area contributed by atoms with Crippen LogP contribution in [-0.4, -0.2) is 24.1 Å². The molecule has 0 aliphatic carbocycles. The van der Waals surface area contributed by atoms with Crippen molar-refractivity contribution in [3.63, 3.8) is 0 Å². The molecule has 0 bridgehead atoms. The fraction of sp³-hybridized carbons (Fsp3) is 1.00. The summed E-state index contributed by atoms with van der Waals surface area (Å²) in [4.78, 5) is 0. The summed E-state index contributed by atoms with van der Waals surface area (Å²) >= 11 is 2.02. The monoisotopic (exact) mass is 161 g/mol. The Labute approximate surface area is 69.0 Å². The third-order valence-corrected chi connectivity index (χ3v) is 2.56. The molecule has 0 spiro atoms. The summed E-state index contributed by atoms with van der Waals surface area (Å²) in [6.45, 7) is 7.72. The number of hydrogen-bond donors (Lipinski definition) is 1. The molecule has 1 atom stereocenters. The Kier molecular flexibility index (Phi) is 7.65. The molecule has 62 valence electrons. The van der Waals surface area contributed by atoms with E-state index in [-0.39, 0.29) is 0 Å². The Morgan fingerprint density at radius 2 is 2.00 bits per heavy atom. The lowest BCUT2D eigenvalue weighted by atomic mass is 10.2. The number of rotatable bonds is 6. The lowest BCUT2D eigenvalue weighted by Crippen LogP contribution is -2.30. The highest BCUT2D eigenvalue weighted by atomic mass is 32.2. The SMILES string of the molecule is CCNC(CC)CSCC. The topological polar surface area (TPSA) is 12.0 Å². The molecule has 0 aromatic carbocycles. The molecule has 0 fully saturated rings. The van der Waals surface area contributed by atoms with Gasteiger partial charge in [0.2, 0.25) is 0 Å². The Balaban J connectivity index is 3.21. The van der Waals surface area contributed by atoms with Crippen molar-refractivity contribution in [2.24, 2.45) is 0 Å². The van der Waals surface area contributed by atoms with E-state index in [9.17, 15) is 0 Å². The third-order valence-electron chi connectivity index (χ3n) is 1.51. The zero-order chi connectivity index (χ0) is 7.82. The first kappa shape index (κ1) is 10.3. The maximum absolute atomic E-state index is 3.45. The summed E-state index contributed by atoms with van der Waals surface area (Å²) in [7, 11) is 0. The highest BCUT2D eigenvalue weighted by molar-refractivity contribution is 7.99. The van der Waals surface area contributed by atoms with E-state index >= 15 is 0 Å². The van der Waals surface area contributed by atoms with Crippen molar-refractivity contribution in [3.8, 4) is 0 Å². The van der Waals surface area contributed by atoms with Crippen molar-refractivity contribution in [3.05, 3.63) is 0 Å². The average Bonchev–Trinajstić information content (AvgIpc) is 1.98. The van der Waals surface area contributed by atoms with E-state index in [0.29, 0.717) is 0 Å². The van der Waals surface area contributed by atoms with Crippen LogP contribution in [0.15, 0.2) is 0 Å². The van der Waals surface area contributed by atoms with Gasteiger partial charge < -0.3 is 5.32 Å². The van der Waals surface area contributed by atoms with Crippen LogP contribution in [-0.2, 0) is 0 Å². The molecular weight excluding hydrogens is 142 g/mol. The van der Waals surface area contributed by atoms with Crippen molar-refractivity contribution in [1.82, 2.24) is 5.32 Å². The summed E-state index contributed by atoms with van der Waals surface area (Å²) in [5.41, 5.74) is 0. The van der Waals surface area contributed by atoms with Crippen LogP contribution >= 0.6 is 11.8 Å². The predicted octanol–water partition coefficient (Wildman–Crippen LogP) is 2.13. The van der Waals surface area contributed by atoms with Gasteiger partial charge in [0.25, 0.3) is 0 Å². The average molecular weight is 161 g/mol. The van der Waals surface area contributed by atoms with E-state index in [4.69, 9.17) is 0 Å². The van der Waals surface area contributed by atoms with Crippen molar-refractivity contribution >= 4 is 11.8 Å². The molecule has 0 aromatic heterocycles. The first-order valence-electron chi connectivity index (χ1n) is 4.16. The summed E-state index contributed by atoms with van der Waals surface area (Å²) in [6, 6.07) is 0.731. The molecule has 10 heavy (non-hydrogen) atoms. The van der Waals surface area contributed by atoms with E-state index in [1.54, 1.807) is 0 Å². The van der Waals surface area contributed by atoms with Crippen LogP contribution in [0.1, 0.15) is 27.2 Å². The van der Waals surface area contributed by atoms with Crippen LogP contribution in [0, 0.1) is 0 Å². The second-order valence-electron chi connectivity index (χ2n) is 2.32. The minimum Gasteiger partial charge on any atom is -0.313 e. The lowest BCUT2D eigenvalue weighted by molar-refractivity contribution is 0.560. The van der Waals surface area contributed by atoms with Gasteiger partial charge in [0.05, 0.1) is 0 Å². The van der Waals surface area contributed by atoms with E-state index in [2.05, 4.69) is 26.1 Å².